The third-order valence-electron chi connectivity index (χ3n) is 3.88. The maximum atomic E-state index is 6.32. The minimum absolute atomic E-state index is 0.116. The van der Waals surface area contributed by atoms with E-state index < -0.39 is 0 Å². The van der Waals surface area contributed by atoms with Crippen LogP contribution in [0.3, 0.4) is 0 Å². The highest BCUT2D eigenvalue weighted by atomic mass is 35.5. The summed E-state index contributed by atoms with van der Waals surface area (Å²) >= 11 is 6.32. The van der Waals surface area contributed by atoms with Gasteiger partial charge in [0, 0.05) is 32.7 Å². The van der Waals surface area contributed by atoms with E-state index in [9.17, 15) is 0 Å². The number of rotatable bonds is 5. The Kier molecular flexibility index (Phi) is 5.91. The average Bonchev–Trinajstić information content (AvgIpc) is 2.45. The van der Waals surface area contributed by atoms with E-state index in [-0.39, 0.29) is 5.41 Å². The van der Waals surface area contributed by atoms with Gasteiger partial charge in [0.05, 0.1) is 11.6 Å². The maximum absolute atomic E-state index is 6.32. The van der Waals surface area contributed by atoms with Crippen LogP contribution in [0.5, 0.6) is 5.75 Å². The average molecular weight is 311 g/mol. The van der Waals surface area contributed by atoms with Crippen LogP contribution in [0.15, 0.2) is 18.2 Å². The van der Waals surface area contributed by atoms with Gasteiger partial charge in [0.1, 0.15) is 5.75 Å². The van der Waals surface area contributed by atoms with Gasteiger partial charge in [-0.1, -0.05) is 38.4 Å². The number of hydrogen-bond donors (Lipinski definition) is 1. The molecule has 1 aromatic carbocycles. The number of halogens is 1. The quantitative estimate of drug-likeness (QED) is 0.845. The molecule has 21 heavy (non-hydrogen) atoms. The van der Waals surface area contributed by atoms with Gasteiger partial charge in [0.2, 0.25) is 0 Å². The summed E-state index contributed by atoms with van der Waals surface area (Å²) in [7, 11) is 0. The van der Waals surface area contributed by atoms with Crippen molar-refractivity contribution in [1.29, 1.82) is 0 Å². The molecule has 0 amide bonds. The minimum atomic E-state index is 0.116. The Labute approximate surface area is 133 Å². The first-order chi connectivity index (χ1) is 9.97. The van der Waals surface area contributed by atoms with Crippen molar-refractivity contribution in [1.82, 2.24) is 10.2 Å². The van der Waals surface area contributed by atoms with E-state index in [0.29, 0.717) is 5.02 Å². The van der Waals surface area contributed by atoms with Crippen LogP contribution < -0.4 is 10.1 Å². The van der Waals surface area contributed by atoms with Crippen LogP contribution in [0, 0.1) is 0 Å². The van der Waals surface area contributed by atoms with E-state index in [1.54, 1.807) is 0 Å². The second kappa shape index (κ2) is 7.48. The molecular weight excluding hydrogens is 284 g/mol. The monoisotopic (exact) mass is 310 g/mol. The number of hydrogen-bond acceptors (Lipinski definition) is 3. The van der Waals surface area contributed by atoms with Gasteiger partial charge in [0.15, 0.2) is 0 Å². The Morgan fingerprint density at radius 1 is 1.24 bits per heavy atom. The molecule has 4 heteroatoms. The predicted molar refractivity (Wildman–Crippen MR) is 89.6 cm³/mol. The largest absolute Gasteiger partial charge is 0.492 e. The third-order valence-corrected chi connectivity index (χ3v) is 4.18. The second-order valence-electron chi connectivity index (χ2n) is 6.69. The van der Waals surface area contributed by atoms with Crippen LogP contribution in [-0.2, 0) is 5.41 Å². The van der Waals surface area contributed by atoms with Crippen LogP contribution in [0.4, 0.5) is 0 Å². The Morgan fingerprint density at radius 3 is 2.57 bits per heavy atom. The third kappa shape index (κ3) is 5.17. The standard InChI is InChI=1S/C17H27ClN2O/c1-17(2,3)14-5-6-16(15(18)13-14)21-12-4-9-20-10-7-19-8-11-20/h5-6,13,19H,4,7-12H2,1-3H3. The molecule has 1 saturated heterocycles. The molecule has 0 unspecified atom stereocenters. The van der Waals surface area contributed by atoms with Crippen molar-refractivity contribution in [3.8, 4) is 5.75 Å². The molecule has 0 radical (unpaired) electrons. The zero-order valence-electron chi connectivity index (χ0n) is 13.4. The molecule has 0 aliphatic carbocycles. The zero-order valence-corrected chi connectivity index (χ0v) is 14.2. The molecule has 0 aromatic heterocycles. The van der Waals surface area contributed by atoms with Crippen LogP contribution >= 0.6 is 11.6 Å². The summed E-state index contributed by atoms with van der Waals surface area (Å²) in [5.74, 6) is 0.796. The fraction of sp³-hybridized carbons (Fsp3) is 0.647. The topological polar surface area (TPSA) is 24.5 Å². The molecule has 1 aliphatic heterocycles. The van der Waals surface area contributed by atoms with Gasteiger partial charge in [-0.3, -0.25) is 0 Å². The lowest BCUT2D eigenvalue weighted by atomic mass is 9.87. The van der Waals surface area contributed by atoms with Crippen LogP contribution in [0.1, 0.15) is 32.8 Å². The lowest BCUT2D eigenvalue weighted by Crippen LogP contribution is -2.43. The first kappa shape index (κ1) is 16.6. The normalized spacial score (nSPS) is 17.0. The molecular formula is C17H27ClN2O. The molecule has 0 bridgehead atoms. The summed E-state index contributed by atoms with van der Waals surface area (Å²) in [5.41, 5.74) is 1.35. The Morgan fingerprint density at radius 2 is 1.95 bits per heavy atom. The molecule has 0 atom stereocenters. The van der Waals surface area contributed by atoms with Crippen LogP contribution in [-0.4, -0.2) is 44.2 Å². The van der Waals surface area contributed by atoms with Gasteiger partial charge in [-0.05, 0) is 29.5 Å². The van der Waals surface area contributed by atoms with Gasteiger partial charge in [-0.2, -0.15) is 0 Å². The van der Waals surface area contributed by atoms with Gasteiger partial charge < -0.3 is 15.0 Å². The zero-order chi connectivity index (χ0) is 15.3. The van der Waals surface area contributed by atoms with E-state index in [2.05, 4.69) is 37.1 Å². The Hall–Kier alpha value is -0.770. The van der Waals surface area contributed by atoms with Crippen molar-refractivity contribution in [2.24, 2.45) is 0 Å². The van der Waals surface area contributed by atoms with Crippen LogP contribution in [0.25, 0.3) is 0 Å². The summed E-state index contributed by atoms with van der Waals surface area (Å²) < 4.78 is 5.82. The predicted octanol–water partition coefficient (Wildman–Crippen LogP) is 3.31. The lowest BCUT2D eigenvalue weighted by molar-refractivity contribution is 0.214. The molecule has 1 aliphatic rings. The molecule has 2 rings (SSSR count). The van der Waals surface area contributed by atoms with Crippen molar-refractivity contribution in [3.63, 3.8) is 0 Å². The highest BCUT2D eigenvalue weighted by Gasteiger charge is 2.15. The van der Waals surface area contributed by atoms with E-state index >= 15 is 0 Å². The minimum Gasteiger partial charge on any atom is -0.492 e. The smallest absolute Gasteiger partial charge is 0.137 e. The lowest BCUT2D eigenvalue weighted by Gasteiger charge is -2.27. The summed E-state index contributed by atoms with van der Waals surface area (Å²) in [6, 6.07) is 6.12. The van der Waals surface area contributed by atoms with E-state index in [1.807, 2.05) is 12.1 Å². The first-order valence-electron chi connectivity index (χ1n) is 7.83. The fourth-order valence-corrected chi connectivity index (χ4v) is 2.72. The number of nitrogens with one attached hydrogen (secondary N) is 1. The van der Waals surface area contributed by atoms with Gasteiger partial charge in [-0.15, -0.1) is 0 Å². The molecule has 3 nitrogen and oxygen atoms in total. The van der Waals surface area contributed by atoms with Crippen molar-refractivity contribution >= 4 is 11.6 Å². The highest BCUT2D eigenvalue weighted by molar-refractivity contribution is 6.32. The van der Waals surface area contributed by atoms with E-state index in [1.165, 1.54) is 5.56 Å². The molecule has 0 spiro atoms. The van der Waals surface area contributed by atoms with Crippen molar-refractivity contribution in [3.05, 3.63) is 28.8 Å². The first-order valence-corrected chi connectivity index (χ1v) is 8.20. The molecule has 1 aromatic rings. The van der Waals surface area contributed by atoms with Crippen molar-refractivity contribution < 1.29 is 4.74 Å². The molecule has 1 heterocycles. The fourth-order valence-electron chi connectivity index (χ4n) is 2.49. The van der Waals surface area contributed by atoms with Crippen molar-refractivity contribution in [2.45, 2.75) is 32.6 Å². The molecule has 118 valence electrons. The van der Waals surface area contributed by atoms with Crippen LogP contribution in [0.2, 0.25) is 5.02 Å². The number of ether oxygens (including phenoxy) is 1. The van der Waals surface area contributed by atoms with Gasteiger partial charge in [-0.25, -0.2) is 0 Å². The van der Waals surface area contributed by atoms with Gasteiger partial charge >= 0.3 is 0 Å². The second-order valence-corrected chi connectivity index (χ2v) is 7.10. The highest BCUT2D eigenvalue weighted by Crippen LogP contribution is 2.31. The Bertz CT molecular complexity index is 451. The number of piperazine rings is 1. The summed E-state index contributed by atoms with van der Waals surface area (Å²) in [5, 5.41) is 4.08. The Balaban J connectivity index is 1.78. The van der Waals surface area contributed by atoms with E-state index in [4.69, 9.17) is 16.3 Å². The summed E-state index contributed by atoms with van der Waals surface area (Å²) in [4.78, 5) is 2.48. The molecule has 1 N–H and O–H groups in total. The van der Waals surface area contributed by atoms with Gasteiger partial charge in [0.25, 0.3) is 0 Å². The number of benzene rings is 1. The maximum Gasteiger partial charge on any atom is 0.137 e. The van der Waals surface area contributed by atoms with E-state index in [0.717, 1.165) is 51.5 Å². The molecule has 1 fully saturated rings. The van der Waals surface area contributed by atoms with Crippen molar-refractivity contribution in [2.75, 3.05) is 39.3 Å². The summed E-state index contributed by atoms with van der Waals surface area (Å²) in [6.45, 7) is 12.9. The summed E-state index contributed by atoms with van der Waals surface area (Å²) in [6.07, 6.45) is 1.04. The number of nitrogens with zero attached hydrogens (tertiary/aromatic N) is 1. The molecule has 0 saturated carbocycles. The SMILES string of the molecule is CC(C)(C)c1ccc(OCCCN2CCNCC2)c(Cl)c1.